The second kappa shape index (κ2) is 7.79. The predicted molar refractivity (Wildman–Crippen MR) is 106 cm³/mol. The van der Waals surface area contributed by atoms with Crippen molar-refractivity contribution in [2.75, 3.05) is 5.32 Å². The number of anilines is 2. The van der Waals surface area contributed by atoms with Crippen LogP contribution in [0.25, 0.3) is 17.1 Å². The molecule has 0 fully saturated rings. The van der Waals surface area contributed by atoms with Gasteiger partial charge in [-0.1, -0.05) is 11.6 Å². The number of aromatic nitrogens is 6. The summed E-state index contributed by atoms with van der Waals surface area (Å²) >= 11 is 6.48. The van der Waals surface area contributed by atoms with Crippen molar-refractivity contribution in [3.63, 3.8) is 0 Å². The first-order chi connectivity index (χ1) is 14.3. The van der Waals surface area contributed by atoms with Crippen molar-refractivity contribution in [3.8, 4) is 17.1 Å². The van der Waals surface area contributed by atoms with Crippen molar-refractivity contribution in [1.82, 2.24) is 29.5 Å². The number of nitrogens with one attached hydrogen (secondary N) is 1. The van der Waals surface area contributed by atoms with Crippen LogP contribution >= 0.6 is 11.6 Å². The average Bonchev–Trinajstić information content (AvgIpc) is 3.23. The molecule has 0 spiro atoms. The van der Waals surface area contributed by atoms with Gasteiger partial charge in [0.2, 0.25) is 0 Å². The quantitative estimate of drug-likeness (QED) is 0.487. The second-order valence-electron chi connectivity index (χ2n) is 6.45. The van der Waals surface area contributed by atoms with Crippen molar-refractivity contribution in [3.05, 3.63) is 65.0 Å². The molecule has 0 saturated carbocycles. The lowest BCUT2D eigenvalue weighted by atomic mass is 10.1. The maximum absolute atomic E-state index is 13.3. The second-order valence-corrected chi connectivity index (χ2v) is 6.83. The number of benzene rings is 1. The summed E-state index contributed by atoms with van der Waals surface area (Å²) < 4.78 is 42.4. The van der Waals surface area contributed by atoms with Gasteiger partial charge in [0, 0.05) is 18.7 Å². The maximum atomic E-state index is 13.3. The topological polar surface area (TPSA) is 73.5 Å². The molecular weight excluding hydrogens is 419 g/mol. The smallest absolute Gasteiger partial charge is 0.280 e. The van der Waals surface area contributed by atoms with Crippen LogP contribution in [0.5, 0.6) is 0 Å². The zero-order valence-corrected chi connectivity index (χ0v) is 16.6. The molecule has 0 atom stereocenters. The van der Waals surface area contributed by atoms with E-state index in [9.17, 15) is 13.2 Å². The first-order valence-electron chi connectivity index (χ1n) is 8.76. The molecule has 4 aromatic rings. The molecule has 0 amide bonds. The van der Waals surface area contributed by atoms with Gasteiger partial charge in [0.25, 0.3) is 6.43 Å². The minimum atomic E-state index is -2.71. The lowest BCUT2D eigenvalue weighted by Gasteiger charge is -2.08. The fraction of sp³-hybridized carbons (Fsp3) is 0.158. The van der Waals surface area contributed by atoms with Gasteiger partial charge in [-0.3, -0.25) is 4.68 Å². The van der Waals surface area contributed by atoms with E-state index >= 15 is 0 Å². The van der Waals surface area contributed by atoms with E-state index in [1.165, 1.54) is 30.6 Å². The molecule has 0 aliphatic rings. The summed E-state index contributed by atoms with van der Waals surface area (Å²) in [6.07, 6.45) is -1.48. The number of aryl methyl sites for hydroxylation is 2. The van der Waals surface area contributed by atoms with Crippen LogP contribution in [0.2, 0.25) is 5.02 Å². The van der Waals surface area contributed by atoms with E-state index < -0.39 is 6.43 Å². The lowest BCUT2D eigenvalue weighted by molar-refractivity contribution is 0.142. The summed E-state index contributed by atoms with van der Waals surface area (Å²) in [6, 6.07) is 8.60. The number of rotatable bonds is 5. The summed E-state index contributed by atoms with van der Waals surface area (Å²) in [5, 5.41) is 11.7. The average molecular weight is 434 g/mol. The van der Waals surface area contributed by atoms with E-state index in [0.717, 1.165) is 4.68 Å². The Balaban J connectivity index is 1.67. The van der Waals surface area contributed by atoms with Crippen LogP contribution in [-0.2, 0) is 7.05 Å². The molecular formula is C19H15ClF3N7. The monoisotopic (exact) mass is 433 g/mol. The maximum Gasteiger partial charge on any atom is 0.280 e. The van der Waals surface area contributed by atoms with Gasteiger partial charge in [0.05, 0.1) is 11.4 Å². The van der Waals surface area contributed by atoms with Gasteiger partial charge < -0.3 is 5.32 Å². The standard InChI is InChI=1S/C19H15ClF3N7/c1-10-7-13(18(22)23)30(27-10)15-8-14(24-9-25-15)26-19-16(20)17(29(2)28-19)11-3-5-12(21)6-4-11/h3-9,18H,1-2H3,(H,24,25,26,28). The third kappa shape index (κ3) is 3.73. The molecule has 0 aliphatic heterocycles. The van der Waals surface area contributed by atoms with E-state index in [1.54, 1.807) is 30.8 Å². The van der Waals surface area contributed by atoms with E-state index in [0.29, 0.717) is 33.6 Å². The van der Waals surface area contributed by atoms with Crippen LogP contribution in [-0.4, -0.2) is 29.5 Å². The Labute approximate surface area is 174 Å². The first kappa shape index (κ1) is 19.9. The van der Waals surface area contributed by atoms with Crippen molar-refractivity contribution in [1.29, 1.82) is 0 Å². The number of hydrogen-bond acceptors (Lipinski definition) is 5. The molecule has 0 unspecified atom stereocenters. The summed E-state index contributed by atoms with van der Waals surface area (Å²) in [6.45, 7) is 1.62. The van der Waals surface area contributed by atoms with Gasteiger partial charge in [-0.15, -0.1) is 0 Å². The highest BCUT2D eigenvalue weighted by atomic mass is 35.5. The van der Waals surface area contributed by atoms with Gasteiger partial charge in [0.1, 0.15) is 28.7 Å². The van der Waals surface area contributed by atoms with Crippen LogP contribution in [0.15, 0.2) is 42.7 Å². The Morgan fingerprint density at radius 3 is 2.50 bits per heavy atom. The molecule has 3 heterocycles. The number of alkyl halides is 2. The first-order valence-corrected chi connectivity index (χ1v) is 9.14. The third-order valence-corrected chi connectivity index (χ3v) is 4.66. The molecule has 0 radical (unpaired) electrons. The third-order valence-electron chi connectivity index (χ3n) is 4.31. The van der Waals surface area contributed by atoms with Crippen molar-refractivity contribution < 1.29 is 13.2 Å². The molecule has 3 aromatic heterocycles. The normalized spacial score (nSPS) is 11.3. The van der Waals surface area contributed by atoms with Crippen molar-refractivity contribution in [2.24, 2.45) is 7.05 Å². The Hall–Kier alpha value is -3.40. The fourth-order valence-electron chi connectivity index (χ4n) is 3.01. The minimum Gasteiger partial charge on any atom is -0.322 e. The van der Waals surface area contributed by atoms with E-state index in [2.05, 4.69) is 25.5 Å². The van der Waals surface area contributed by atoms with Crippen molar-refractivity contribution in [2.45, 2.75) is 13.3 Å². The SMILES string of the molecule is Cc1cc(C(F)F)n(-c2cc(Nc3nn(C)c(-c4ccc(F)cc4)c3Cl)ncn2)n1. The highest BCUT2D eigenvalue weighted by Gasteiger charge is 2.19. The Morgan fingerprint density at radius 2 is 1.80 bits per heavy atom. The van der Waals surface area contributed by atoms with Crippen molar-refractivity contribution >= 4 is 23.2 Å². The fourth-order valence-corrected chi connectivity index (χ4v) is 3.33. The highest BCUT2D eigenvalue weighted by Crippen LogP contribution is 2.34. The van der Waals surface area contributed by atoms with Crippen LogP contribution in [0.1, 0.15) is 17.8 Å². The lowest BCUT2D eigenvalue weighted by Crippen LogP contribution is -2.06. The molecule has 0 bridgehead atoms. The van der Waals surface area contributed by atoms with E-state index in [1.807, 2.05) is 0 Å². The van der Waals surface area contributed by atoms with Crippen LogP contribution < -0.4 is 5.32 Å². The summed E-state index contributed by atoms with van der Waals surface area (Å²) in [4.78, 5) is 8.13. The Kier molecular flexibility index (Phi) is 5.17. The van der Waals surface area contributed by atoms with Crippen LogP contribution in [0.4, 0.5) is 24.8 Å². The number of nitrogens with zero attached hydrogens (tertiary/aromatic N) is 6. The zero-order chi connectivity index (χ0) is 21.4. The summed E-state index contributed by atoms with van der Waals surface area (Å²) in [5.41, 5.74) is 1.43. The molecule has 4 rings (SSSR count). The minimum absolute atomic E-state index is 0.168. The van der Waals surface area contributed by atoms with Gasteiger partial charge in [0.15, 0.2) is 11.6 Å². The molecule has 11 heteroatoms. The molecule has 1 N–H and O–H groups in total. The van der Waals surface area contributed by atoms with Gasteiger partial charge in [-0.25, -0.2) is 27.8 Å². The Bertz CT molecular complexity index is 1200. The molecule has 154 valence electrons. The molecule has 0 aliphatic carbocycles. The predicted octanol–water partition coefficient (Wildman–Crippen LogP) is 4.84. The number of halogens is 4. The number of hydrogen-bond donors (Lipinski definition) is 1. The molecule has 30 heavy (non-hydrogen) atoms. The summed E-state index contributed by atoms with van der Waals surface area (Å²) in [5.74, 6) is 0.399. The van der Waals surface area contributed by atoms with Crippen LogP contribution in [0, 0.1) is 12.7 Å². The van der Waals surface area contributed by atoms with Crippen LogP contribution in [0.3, 0.4) is 0 Å². The molecule has 0 saturated heterocycles. The van der Waals surface area contributed by atoms with E-state index in [4.69, 9.17) is 11.6 Å². The molecule has 7 nitrogen and oxygen atoms in total. The molecule has 1 aromatic carbocycles. The van der Waals surface area contributed by atoms with Gasteiger partial charge in [-0.2, -0.15) is 10.2 Å². The van der Waals surface area contributed by atoms with Gasteiger partial charge in [-0.05, 0) is 37.3 Å². The van der Waals surface area contributed by atoms with E-state index in [-0.39, 0.29) is 17.3 Å². The zero-order valence-electron chi connectivity index (χ0n) is 15.8. The largest absolute Gasteiger partial charge is 0.322 e. The highest BCUT2D eigenvalue weighted by molar-refractivity contribution is 6.35. The summed E-state index contributed by atoms with van der Waals surface area (Å²) in [7, 11) is 1.70. The Morgan fingerprint density at radius 1 is 1.07 bits per heavy atom. The van der Waals surface area contributed by atoms with Gasteiger partial charge >= 0.3 is 0 Å².